The van der Waals surface area contributed by atoms with Crippen molar-refractivity contribution in [3.05, 3.63) is 65.4 Å². The van der Waals surface area contributed by atoms with Crippen molar-refractivity contribution in [1.82, 2.24) is 9.47 Å². The molecule has 5 rings (SSSR count). The largest absolute Gasteiger partial charge is 0.469 e. The topological polar surface area (TPSA) is 78.5 Å². The van der Waals surface area contributed by atoms with Crippen molar-refractivity contribution < 1.29 is 14.6 Å². The van der Waals surface area contributed by atoms with E-state index >= 15 is 0 Å². The molecule has 1 aromatic heterocycles. The van der Waals surface area contributed by atoms with Crippen molar-refractivity contribution in [3.63, 3.8) is 0 Å². The number of hydrogen-bond donors (Lipinski definition) is 1. The van der Waals surface area contributed by atoms with E-state index in [4.69, 9.17) is 4.74 Å². The molecule has 36 heavy (non-hydrogen) atoms. The Morgan fingerprint density at radius 1 is 1.11 bits per heavy atom. The third kappa shape index (κ3) is 4.26. The van der Waals surface area contributed by atoms with Crippen LogP contribution in [0, 0.1) is 29.2 Å². The van der Waals surface area contributed by atoms with Gasteiger partial charge in [-0.05, 0) is 73.6 Å². The number of esters is 1. The van der Waals surface area contributed by atoms with E-state index in [1.807, 2.05) is 4.90 Å². The number of aliphatic hydroxyl groups excluding tert-OH is 1. The second-order valence-corrected chi connectivity index (χ2v) is 10.2. The van der Waals surface area contributed by atoms with E-state index in [9.17, 15) is 15.2 Å². The fourth-order valence-electron chi connectivity index (χ4n) is 6.69. The van der Waals surface area contributed by atoms with Crippen molar-refractivity contribution >= 4 is 16.9 Å². The number of ether oxygens (including phenoxy) is 1. The van der Waals surface area contributed by atoms with Crippen molar-refractivity contribution in [2.75, 3.05) is 20.2 Å². The summed E-state index contributed by atoms with van der Waals surface area (Å²) < 4.78 is 7.55. The summed E-state index contributed by atoms with van der Waals surface area (Å²) in [7, 11) is 1.40. The highest BCUT2D eigenvalue weighted by Gasteiger charge is 2.44. The number of para-hydroxylation sites is 2. The van der Waals surface area contributed by atoms with Crippen LogP contribution in [0.3, 0.4) is 0 Å². The molecule has 4 atom stereocenters. The fraction of sp³-hybridized carbons (Fsp3) is 0.467. The van der Waals surface area contributed by atoms with Gasteiger partial charge in [0.05, 0.1) is 24.6 Å². The Kier molecular flexibility index (Phi) is 7.02. The first-order chi connectivity index (χ1) is 17.6. The molecule has 0 unspecified atom stereocenters. The lowest BCUT2D eigenvalue weighted by Crippen LogP contribution is -2.46. The van der Waals surface area contributed by atoms with Gasteiger partial charge in [-0.15, -0.1) is 0 Å². The minimum Gasteiger partial charge on any atom is -0.469 e. The predicted octanol–water partition coefficient (Wildman–Crippen LogP) is 4.64. The van der Waals surface area contributed by atoms with Gasteiger partial charge in [0.1, 0.15) is 0 Å². The van der Waals surface area contributed by atoms with Crippen molar-refractivity contribution in [3.8, 4) is 11.9 Å². The fourth-order valence-corrected chi connectivity index (χ4v) is 6.69. The lowest BCUT2D eigenvalue weighted by Gasteiger charge is -2.41. The molecule has 2 heterocycles. The number of fused-ring (bicyclic) bond motifs is 4. The van der Waals surface area contributed by atoms with Gasteiger partial charge in [-0.2, -0.15) is 5.26 Å². The highest BCUT2D eigenvalue weighted by molar-refractivity contribution is 5.87. The Balaban J connectivity index is 1.68. The van der Waals surface area contributed by atoms with Gasteiger partial charge in [0.15, 0.2) is 6.19 Å². The molecular formula is C30H35N3O3. The summed E-state index contributed by atoms with van der Waals surface area (Å²) in [4.78, 5) is 14.7. The number of aromatic nitrogens is 1. The third-order valence-electron chi connectivity index (χ3n) is 8.43. The van der Waals surface area contributed by atoms with Crippen LogP contribution in [0.15, 0.2) is 48.5 Å². The number of aliphatic hydroxyl groups is 1. The summed E-state index contributed by atoms with van der Waals surface area (Å²) in [5, 5.41) is 22.0. The molecule has 6 heteroatoms. The second kappa shape index (κ2) is 10.4. The normalized spacial score (nSPS) is 24.4. The number of rotatable bonds is 3. The molecule has 188 valence electrons. The van der Waals surface area contributed by atoms with E-state index < -0.39 is 12.0 Å². The van der Waals surface area contributed by atoms with Crippen molar-refractivity contribution in [1.29, 1.82) is 5.26 Å². The number of benzene rings is 2. The van der Waals surface area contributed by atoms with Gasteiger partial charge < -0.3 is 19.3 Å². The summed E-state index contributed by atoms with van der Waals surface area (Å²) in [6.07, 6.45) is 6.37. The minimum absolute atomic E-state index is 0.0455. The Hall–Kier alpha value is -3.30. The number of nitriles is 1. The van der Waals surface area contributed by atoms with E-state index in [1.54, 1.807) is 0 Å². The van der Waals surface area contributed by atoms with Gasteiger partial charge in [-0.3, -0.25) is 4.79 Å². The SMILES string of the molecule is CCc1ccccc1-n1c2c(c3ccccc31)CCN(C#N)C[C@@H]1CC[C@H](O)[C@H](C(=O)OC)[C@H]1CC2. The van der Waals surface area contributed by atoms with E-state index in [2.05, 4.69) is 66.2 Å². The van der Waals surface area contributed by atoms with Gasteiger partial charge in [-0.25, -0.2) is 0 Å². The summed E-state index contributed by atoms with van der Waals surface area (Å²) in [6.45, 7) is 3.44. The molecule has 3 aromatic rings. The summed E-state index contributed by atoms with van der Waals surface area (Å²) in [5.41, 5.74) is 6.18. The maximum absolute atomic E-state index is 12.8. The molecule has 6 nitrogen and oxygen atoms in total. The molecule has 1 fully saturated rings. The average Bonchev–Trinajstić information content (AvgIpc) is 3.23. The van der Waals surface area contributed by atoms with Crippen LogP contribution in [-0.2, 0) is 28.8 Å². The highest BCUT2D eigenvalue weighted by Crippen LogP contribution is 2.41. The Labute approximate surface area is 213 Å². The maximum atomic E-state index is 12.8. The monoisotopic (exact) mass is 485 g/mol. The molecule has 0 spiro atoms. The molecule has 1 aliphatic heterocycles. The van der Waals surface area contributed by atoms with Gasteiger partial charge in [0.25, 0.3) is 0 Å². The number of hydrogen-bond acceptors (Lipinski definition) is 5. The first kappa shape index (κ1) is 24.4. The zero-order valence-corrected chi connectivity index (χ0v) is 21.2. The number of methoxy groups -OCH3 is 1. The number of carbonyl (C=O) groups excluding carboxylic acids is 1. The molecule has 2 aliphatic rings. The Bertz CT molecular complexity index is 1290. The van der Waals surface area contributed by atoms with Crippen LogP contribution in [-0.4, -0.2) is 46.8 Å². The molecule has 1 saturated carbocycles. The van der Waals surface area contributed by atoms with Crippen LogP contribution < -0.4 is 0 Å². The van der Waals surface area contributed by atoms with E-state index in [0.29, 0.717) is 19.5 Å². The van der Waals surface area contributed by atoms with Crippen LogP contribution in [0.1, 0.15) is 43.0 Å². The third-order valence-corrected chi connectivity index (χ3v) is 8.43. The molecule has 0 amide bonds. The van der Waals surface area contributed by atoms with Crippen LogP contribution in [0.4, 0.5) is 0 Å². The van der Waals surface area contributed by atoms with Crippen LogP contribution in [0.2, 0.25) is 0 Å². The van der Waals surface area contributed by atoms with Gasteiger partial charge >= 0.3 is 5.97 Å². The second-order valence-electron chi connectivity index (χ2n) is 10.2. The predicted molar refractivity (Wildman–Crippen MR) is 140 cm³/mol. The standard InChI is InChI=1S/C30H35N3O3/c1-3-20-8-4-6-10-25(20)33-26-11-7-5-9-23(26)24-16-17-32(19-31)18-21-12-15-28(34)29(30(35)36-2)22(21)13-14-27(24)33/h4-11,21-22,28-29,34H,3,12-18H2,1-2H3/t21-,22-,28-,29+/m0/s1. The van der Waals surface area contributed by atoms with Crippen LogP contribution >= 0.6 is 0 Å². The molecule has 0 saturated heterocycles. The molecular weight excluding hydrogens is 450 g/mol. The number of carbonyl (C=O) groups is 1. The zero-order valence-electron chi connectivity index (χ0n) is 21.2. The van der Waals surface area contributed by atoms with E-state index in [-0.39, 0.29) is 17.8 Å². The van der Waals surface area contributed by atoms with Gasteiger partial charge in [0.2, 0.25) is 0 Å². The van der Waals surface area contributed by atoms with E-state index in [0.717, 1.165) is 32.1 Å². The first-order valence-electron chi connectivity index (χ1n) is 13.2. The Morgan fingerprint density at radius 2 is 1.89 bits per heavy atom. The van der Waals surface area contributed by atoms with Crippen molar-refractivity contribution in [2.24, 2.45) is 17.8 Å². The number of nitrogens with zero attached hydrogens (tertiary/aromatic N) is 3. The first-order valence-corrected chi connectivity index (χ1v) is 13.2. The smallest absolute Gasteiger partial charge is 0.311 e. The number of aryl methyl sites for hydroxylation is 1. The Morgan fingerprint density at radius 3 is 2.67 bits per heavy atom. The highest BCUT2D eigenvalue weighted by atomic mass is 16.5. The quantitative estimate of drug-likeness (QED) is 0.432. The average molecular weight is 486 g/mol. The zero-order chi connectivity index (χ0) is 25.2. The maximum Gasteiger partial charge on any atom is 0.311 e. The van der Waals surface area contributed by atoms with Gasteiger partial charge in [0, 0.05) is 29.9 Å². The van der Waals surface area contributed by atoms with Crippen LogP contribution in [0.5, 0.6) is 0 Å². The van der Waals surface area contributed by atoms with E-state index in [1.165, 1.54) is 40.5 Å². The van der Waals surface area contributed by atoms with Crippen molar-refractivity contribution in [2.45, 2.75) is 51.6 Å². The lowest BCUT2D eigenvalue weighted by molar-refractivity contribution is -0.157. The summed E-state index contributed by atoms with van der Waals surface area (Å²) in [6, 6.07) is 17.1. The molecule has 0 bridgehead atoms. The summed E-state index contributed by atoms with van der Waals surface area (Å²) >= 11 is 0. The molecule has 0 radical (unpaired) electrons. The van der Waals surface area contributed by atoms with Crippen LogP contribution in [0.25, 0.3) is 16.6 Å². The summed E-state index contributed by atoms with van der Waals surface area (Å²) in [5.74, 6) is -0.775. The minimum atomic E-state index is -0.705. The molecule has 1 aliphatic carbocycles. The molecule has 1 N–H and O–H groups in total. The molecule has 2 aromatic carbocycles. The van der Waals surface area contributed by atoms with Gasteiger partial charge in [-0.1, -0.05) is 43.3 Å². The lowest BCUT2D eigenvalue weighted by atomic mass is 9.68.